The molecule has 1 aliphatic heterocycles. The summed E-state index contributed by atoms with van der Waals surface area (Å²) in [5.41, 5.74) is -3.51. The van der Waals surface area contributed by atoms with Crippen molar-refractivity contribution in [2.75, 3.05) is 0 Å². The van der Waals surface area contributed by atoms with Gasteiger partial charge in [0.15, 0.2) is 5.78 Å². The fourth-order valence-corrected chi connectivity index (χ4v) is 3.69. The number of aliphatic hydroxyl groups is 1. The molecule has 0 radical (unpaired) electrons. The molecule has 3 rings (SSSR count). The van der Waals surface area contributed by atoms with E-state index in [9.17, 15) is 27.9 Å². The largest absolute Gasteiger partial charge is 0.437 e. The van der Waals surface area contributed by atoms with E-state index in [1.165, 1.54) is 47.1 Å². The van der Waals surface area contributed by atoms with Crippen LogP contribution in [0.5, 0.6) is 0 Å². The molecule has 26 heavy (non-hydrogen) atoms. The first kappa shape index (κ1) is 18.7. The van der Waals surface area contributed by atoms with Crippen LogP contribution in [0, 0.1) is 5.92 Å². The average molecular weight is 405 g/mol. The zero-order valence-electron chi connectivity index (χ0n) is 12.9. The number of carbonyl (C=O) groups excluding carboxylic acids is 2. The van der Waals surface area contributed by atoms with E-state index in [2.05, 4.69) is 5.32 Å². The van der Waals surface area contributed by atoms with Gasteiger partial charge < -0.3 is 15.7 Å². The molecule has 0 spiro atoms. The van der Waals surface area contributed by atoms with Gasteiger partial charge in [-0.2, -0.15) is 13.2 Å². The van der Waals surface area contributed by atoms with Gasteiger partial charge >= 0.3 is 12.2 Å². The van der Waals surface area contributed by atoms with Gasteiger partial charge in [-0.3, -0.25) is 4.79 Å². The molecule has 0 bridgehead atoms. The molecular weight excluding hydrogens is 393 g/mol. The molecule has 2 aromatic rings. The molecule has 1 aliphatic rings. The van der Waals surface area contributed by atoms with E-state index in [1.54, 1.807) is 0 Å². The number of thiophene rings is 1. The fourth-order valence-electron chi connectivity index (χ4n) is 2.86. The lowest BCUT2D eigenvalue weighted by Gasteiger charge is -2.44. The van der Waals surface area contributed by atoms with Crippen LogP contribution < -0.4 is 10.6 Å². The van der Waals surface area contributed by atoms with Crippen molar-refractivity contribution in [1.29, 1.82) is 0 Å². The molecule has 3 N–H and O–H groups in total. The molecule has 0 unspecified atom stereocenters. The van der Waals surface area contributed by atoms with Crippen LogP contribution in [0.4, 0.5) is 18.0 Å². The third-order valence-electron chi connectivity index (χ3n) is 4.08. The highest BCUT2D eigenvalue weighted by molar-refractivity contribution is 7.12. The number of carbonyl (C=O) groups is 2. The highest BCUT2D eigenvalue weighted by atomic mass is 35.5. The smallest absolute Gasteiger partial charge is 0.363 e. The van der Waals surface area contributed by atoms with Crippen molar-refractivity contribution < 1.29 is 27.9 Å². The summed E-state index contributed by atoms with van der Waals surface area (Å²) in [7, 11) is 0. The first-order valence-electron chi connectivity index (χ1n) is 7.34. The van der Waals surface area contributed by atoms with Crippen molar-refractivity contribution >= 4 is 34.8 Å². The standard InChI is InChI=1S/C16H12ClF3N2O3S/c17-9-5-3-8(4-6-9)12-11(13(23)10-2-1-7-26-10)15(25,16(18,19)20)22-14(24)21-12/h1-7,11-12,25H,(H2,21,22,24)/t11-,12-,15+/m1/s1. The van der Waals surface area contributed by atoms with E-state index < -0.39 is 35.7 Å². The summed E-state index contributed by atoms with van der Waals surface area (Å²) in [6.45, 7) is 0. The number of Topliss-reactive ketones (excluding diaryl/α,β-unsaturated/α-hetero) is 1. The Hall–Kier alpha value is -2.10. The van der Waals surface area contributed by atoms with Crippen molar-refractivity contribution in [3.05, 3.63) is 57.2 Å². The number of alkyl halides is 3. The Morgan fingerprint density at radius 1 is 1.23 bits per heavy atom. The molecule has 138 valence electrons. The summed E-state index contributed by atoms with van der Waals surface area (Å²) in [6, 6.07) is 5.86. The van der Waals surface area contributed by atoms with Crippen LogP contribution >= 0.6 is 22.9 Å². The number of ketones is 1. The van der Waals surface area contributed by atoms with Gasteiger partial charge in [0.2, 0.25) is 5.72 Å². The minimum absolute atomic E-state index is 0.0367. The molecule has 10 heteroatoms. The molecule has 0 aliphatic carbocycles. The quantitative estimate of drug-likeness (QED) is 0.685. The van der Waals surface area contributed by atoms with E-state index in [4.69, 9.17) is 11.6 Å². The lowest BCUT2D eigenvalue weighted by molar-refractivity contribution is -0.287. The molecule has 0 saturated carbocycles. The molecule has 2 heterocycles. The zero-order chi connectivity index (χ0) is 19.1. The van der Waals surface area contributed by atoms with Crippen LogP contribution in [0.3, 0.4) is 0 Å². The highest BCUT2D eigenvalue weighted by Crippen LogP contribution is 2.44. The first-order valence-corrected chi connectivity index (χ1v) is 8.60. The Morgan fingerprint density at radius 2 is 1.88 bits per heavy atom. The topological polar surface area (TPSA) is 78.4 Å². The fraction of sp³-hybridized carbons (Fsp3) is 0.250. The lowest BCUT2D eigenvalue weighted by atomic mass is 9.78. The second-order valence-corrected chi connectivity index (χ2v) is 7.10. The average Bonchev–Trinajstić information content (AvgIpc) is 3.08. The van der Waals surface area contributed by atoms with Crippen LogP contribution in [-0.2, 0) is 0 Å². The van der Waals surface area contributed by atoms with E-state index in [0.717, 1.165) is 11.3 Å². The van der Waals surface area contributed by atoms with Crippen molar-refractivity contribution in [1.82, 2.24) is 10.6 Å². The second kappa shape index (κ2) is 6.57. The number of urea groups is 1. The number of amides is 2. The summed E-state index contributed by atoms with van der Waals surface area (Å²) in [6.07, 6.45) is -5.27. The van der Waals surface area contributed by atoms with Gasteiger partial charge in [0, 0.05) is 5.02 Å². The van der Waals surface area contributed by atoms with Crippen LogP contribution in [0.1, 0.15) is 21.3 Å². The van der Waals surface area contributed by atoms with Gasteiger partial charge in [0.05, 0.1) is 10.9 Å². The number of hydrogen-bond acceptors (Lipinski definition) is 4. The lowest BCUT2D eigenvalue weighted by Crippen LogP contribution is -2.72. The monoisotopic (exact) mass is 404 g/mol. The maximum Gasteiger partial charge on any atom is 0.437 e. The normalized spacial score (nSPS) is 26.1. The van der Waals surface area contributed by atoms with Crippen LogP contribution in [0.25, 0.3) is 0 Å². The molecule has 1 aromatic carbocycles. The number of benzene rings is 1. The molecule has 1 fully saturated rings. The Bertz CT molecular complexity index is 826. The van der Waals surface area contributed by atoms with Gasteiger partial charge in [-0.15, -0.1) is 11.3 Å². The van der Waals surface area contributed by atoms with Gasteiger partial charge in [-0.25, -0.2) is 4.79 Å². The summed E-state index contributed by atoms with van der Waals surface area (Å²) in [5.74, 6) is -2.97. The first-order chi connectivity index (χ1) is 12.1. The molecule has 1 aromatic heterocycles. The van der Waals surface area contributed by atoms with Crippen LogP contribution in [-0.4, -0.2) is 28.8 Å². The highest BCUT2D eigenvalue weighted by Gasteiger charge is 2.66. The Morgan fingerprint density at radius 3 is 2.42 bits per heavy atom. The summed E-state index contributed by atoms with van der Waals surface area (Å²) < 4.78 is 40.9. The Kier molecular flexibility index (Phi) is 4.72. The molecule has 3 atom stereocenters. The van der Waals surface area contributed by atoms with E-state index in [0.29, 0.717) is 5.02 Å². The third-order valence-corrected chi connectivity index (χ3v) is 5.22. The minimum atomic E-state index is -5.27. The predicted molar refractivity (Wildman–Crippen MR) is 89.0 cm³/mol. The minimum Gasteiger partial charge on any atom is -0.363 e. The zero-order valence-corrected chi connectivity index (χ0v) is 14.5. The number of rotatable bonds is 3. The summed E-state index contributed by atoms with van der Waals surface area (Å²) in [5, 5.41) is 16.0. The van der Waals surface area contributed by atoms with Gasteiger partial charge in [-0.05, 0) is 29.1 Å². The van der Waals surface area contributed by atoms with Crippen molar-refractivity contribution in [3.63, 3.8) is 0 Å². The van der Waals surface area contributed by atoms with Crippen molar-refractivity contribution in [2.24, 2.45) is 5.92 Å². The van der Waals surface area contributed by atoms with Crippen molar-refractivity contribution in [2.45, 2.75) is 17.9 Å². The number of nitrogens with one attached hydrogen (secondary N) is 2. The molecule has 1 saturated heterocycles. The van der Waals surface area contributed by atoms with Gasteiger partial charge in [-0.1, -0.05) is 29.8 Å². The van der Waals surface area contributed by atoms with E-state index in [1.807, 2.05) is 0 Å². The van der Waals surface area contributed by atoms with E-state index in [-0.39, 0.29) is 10.4 Å². The number of hydrogen-bond donors (Lipinski definition) is 3. The second-order valence-electron chi connectivity index (χ2n) is 5.71. The maximum atomic E-state index is 13.6. The molecular formula is C16H12ClF3N2O3S. The van der Waals surface area contributed by atoms with Crippen molar-refractivity contribution in [3.8, 4) is 0 Å². The third kappa shape index (κ3) is 3.17. The summed E-state index contributed by atoms with van der Waals surface area (Å²) in [4.78, 5) is 24.7. The van der Waals surface area contributed by atoms with Gasteiger partial charge in [0.25, 0.3) is 0 Å². The summed E-state index contributed by atoms with van der Waals surface area (Å²) >= 11 is 6.74. The van der Waals surface area contributed by atoms with Crippen LogP contribution in [0.2, 0.25) is 5.02 Å². The Labute approximate surface area is 154 Å². The predicted octanol–water partition coefficient (Wildman–Crippen LogP) is 3.51. The molecule has 5 nitrogen and oxygen atoms in total. The van der Waals surface area contributed by atoms with E-state index >= 15 is 0 Å². The van der Waals surface area contributed by atoms with Crippen LogP contribution in [0.15, 0.2) is 41.8 Å². The number of halogens is 4. The molecule has 2 amide bonds. The Balaban J connectivity index is 2.14. The maximum absolute atomic E-state index is 13.6. The SMILES string of the molecule is O=C1N[C@H](c2ccc(Cl)cc2)[C@H](C(=O)c2cccs2)[C@](O)(C(F)(F)F)N1. The van der Waals surface area contributed by atoms with Gasteiger partial charge in [0.1, 0.15) is 5.92 Å².